The normalized spacial score (nSPS) is 16.8. The van der Waals surface area contributed by atoms with E-state index in [0.717, 1.165) is 53.9 Å². The van der Waals surface area contributed by atoms with Gasteiger partial charge in [0, 0.05) is 18.4 Å². The van der Waals surface area contributed by atoms with Crippen molar-refractivity contribution in [3.63, 3.8) is 0 Å². The van der Waals surface area contributed by atoms with Gasteiger partial charge in [-0.25, -0.2) is 15.0 Å². The lowest BCUT2D eigenvalue weighted by Gasteiger charge is -2.24. The summed E-state index contributed by atoms with van der Waals surface area (Å²) in [5, 5.41) is 3.35. The molecular formula is C25H28N6. The summed E-state index contributed by atoms with van der Waals surface area (Å²) in [7, 11) is 0. The average molecular weight is 413 g/mol. The molecule has 0 amide bonds. The fourth-order valence-electron chi connectivity index (χ4n) is 4.55. The third kappa shape index (κ3) is 3.91. The van der Waals surface area contributed by atoms with Gasteiger partial charge >= 0.3 is 0 Å². The van der Waals surface area contributed by atoms with Gasteiger partial charge in [0.25, 0.3) is 0 Å². The number of imidazole rings is 1. The van der Waals surface area contributed by atoms with Gasteiger partial charge in [-0.15, -0.1) is 0 Å². The van der Waals surface area contributed by atoms with Gasteiger partial charge in [-0.3, -0.25) is 4.90 Å². The molecule has 1 fully saturated rings. The molecule has 0 aromatic carbocycles. The van der Waals surface area contributed by atoms with Gasteiger partial charge < -0.3 is 9.72 Å². The zero-order valence-corrected chi connectivity index (χ0v) is 18.3. The molecule has 0 bridgehead atoms. The highest BCUT2D eigenvalue weighted by Gasteiger charge is 2.28. The van der Waals surface area contributed by atoms with Crippen LogP contribution in [0, 0.1) is 20.8 Å². The Balaban J connectivity index is 1.40. The summed E-state index contributed by atoms with van der Waals surface area (Å²) in [5.41, 5.74) is 6.73. The van der Waals surface area contributed by atoms with Crippen LogP contribution >= 0.6 is 0 Å². The minimum atomic E-state index is 0.307. The molecule has 31 heavy (non-hydrogen) atoms. The van der Waals surface area contributed by atoms with E-state index in [1.54, 1.807) is 0 Å². The zero-order chi connectivity index (χ0) is 21.4. The van der Waals surface area contributed by atoms with E-state index in [0.29, 0.717) is 6.04 Å². The van der Waals surface area contributed by atoms with Crippen molar-refractivity contribution in [2.45, 2.75) is 46.2 Å². The van der Waals surface area contributed by atoms with Crippen LogP contribution in [0.2, 0.25) is 0 Å². The van der Waals surface area contributed by atoms with Crippen LogP contribution < -0.4 is 5.32 Å². The molecule has 1 atom stereocenters. The molecule has 0 aliphatic carbocycles. The number of hydrogen-bond acceptors (Lipinski definition) is 5. The van der Waals surface area contributed by atoms with Crippen LogP contribution in [0.3, 0.4) is 0 Å². The van der Waals surface area contributed by atoms with Gasteiger partial charge in [0.2, 0.25) is 0 Å². The molecule has 1 N–H and O–H groups in total. The van der Waals surface area contributed by atoms with Crippen molar-refractivity contribution in [3.8, 4) is 0 Å². The Morgan fingerprint density at radius 3 is 2.58 bits per heavy atom. The maximum Gasteiger partial charge on any atom is 0.140 e. The molecule has 0 unspecified atom stereocenters. The molecule has 1 aliphatic heterocycles. The van der Waals surface area contributed by atoms with Crippen LogP contribution in [0.1, 0.15) is 47.2 Å². The summed E-state index contributed by atoms with van der Waals surface area (Å²) in [6.45, 7) is 8.18. The van der Waals surface area contributed by atoms with Crippen molar-refractivity contribution in [2.75, 3.05) is 11.9 Å². The fraction of sp³-hybridized carbons (Fsp3) is 0.320. The molecule has 158 valence electrons. The van der Waals surface area contributed by atoms with E-state index >= 15 is 0 Å². The van der Waals surface area contributed by atoms with Gasteiger partial charge in [-0.05, 0) is 76.1 Å². The van der Waals surface area contributed by atoms with Crippen molar-refractivity contribution in [3.05, 3.63) is 83.1 Å². The first kappa shape index (κ1) is 19.7. The average Bonchev–Trinajstić information content (AvgIpc) is 3.34. The summed E-state index contributed by atoms with van der Waals surface area (Å²) in [6.07, 6.45) is 4.42. The molecule has 6 heteroatoms. The highest BCUT2D eigenvalue weighted by molar-refractivity contribution is 5.52. The number of anilines is 2. The second-order valence-electron chi connectivity index (χ2n) is 8.39. The molecule has 0 saturated carbocycles. The Bertz CT molecular complexity index is 1230. The van der Waals surface area contributed by atoms with Crippen molar-refractivity contribution >= 4 is 17.3 Å². The number of hydrogen-bond donors (Lipinski definition) is 1. The largest absolute Gasteiger partial charge is 0.325 e. The summed E-state index contributed by atoms with van der Waals surface area (Å²) < 4.78 is 2.24. The van der Waals surface area contributed by atoms with Crippen LogP contribution in [0.25, 0.3) is 5.65 Å². The monoisotopic (exact) mass is 412 g/mol. The third-order valence-electron chi connectivity index (χ3n) is 6.12. The predicted octanol–water partition coefficient (Wildman–Crippen LogP) is 5.13. The number of likely N-dealkylation sites (tertiary alicyclic amines) is 1. The highest BCUT2D eigenvalue weighted by atomic mass is 15.2. The molecular weight excluding hydrogens is 384 g/mol. The second kappa shape index (κ2) is 8.12. The Hall–Kier alpha value is -3.25. The van der Waals surface area contributed by atoms with Gasteiger partial charge in [-0.2, -0.15) is 0 Å². The smallest absolute Gasteiger partial charge is 0.140 e. The molecule has 5 rings (SSSR count). The maximum atomic E-state index is 4.94. The SMILES string of the molecule is Cc1cccc(Nc2cccc([C@@H]3CCCN3Cc3c(C)nc4c(C)cccn34)n2)n1. The van der Waals surface area contributed by atoms with Crippen molar-refractivity contribution in [1.29, 1.82) is 0 Å². The van der Waals surface area contributed by atoms with E-state index < -0.39 is 0 Å². The first-order valence-corrected chi connectivity index (χ1v) is 10.9. The minimum Gasteiger partial charge on any atom is -0.325 e. The Labute approximate surface area is 183 Å². The number of fused-ring (bicyclic) bond motifs is 1. The molecule has 5 heterocycles. The second-order valence-corrected chi connectivity index (χ2v) is 8.39. The van der Waals surface area contributed by atoms with Crippen LogP contribution in [0.15, 0.2) is 54.7 Å². The fourth-order valence-corrected chi connectivity index (χ4v) is 4.55. The Morgan fingerprint density at radius 2 is 1.74 bits per heavy atom. The predicted molar refractivity (Wildman–Crippen MR) is 124 cm³/mol. The summed E-state index contributed by atoms with van der Waals surface area (Å²) >= 11 is 0. The summed E-state index contributed by atoms with van der Waals surface area (Å²) in [5.74, 6) is 1.66. The molecule has 1 saturated heterocycles. The highest BCUT2D eigenvalue weighted by Crippen LogP contribution is 2.33. The number of nitrogens with zero attached hydrogens (tertiary/aromatic N) is 5. The molecule has 4 aromatic heterocycles. The molecule has 0 radical (unpaired) electrons. The third-order valence-corrected chi connectivity index (χ3v) is 6.12. The van der Waals surface area contributed by atoms with E-state index in [9.17, 15) is 0 Å². The molecule has 0 spiro atoms. The molecule has 1 aliphatic rings. The van der Waals surface area contributed by atoms with Crippen LogP contribution in [-0.4, -0.2) is 30.8 Å². The Morgan fingerprint density at radius 1 is 0.935 bits per heavy atom. The van der Waals surface area contributed by atoms with E-state index in [4.69, 9.17) is 9.97 Å². The zero-order valence-electron chi connectivity index (χ0n) is 18.3. The lowest BCUT2D eigenvalue weighted by molar-refractivity contribution is 0.240. The minimum absolute atomic E-state index is 0.307. The number of aryl methyl sites for hydroxylation is 3. The van der Waals surface area contributed by atoms with Gasteiger partial charge in [0.1, 0.15) is 17.3 Å². The summed E-state index contributed by atoms with van der Waals surface area (Å²) in [6, 6.07) is 16.7. The topological polar surface area (TPSA) is 58.4 Å². The van der Waals surface area contributed by atoms with Gasteiger partial charge in [0.05, 0.1) is 23.1 Å². The lowest BCUT2D eigenvalue weighted by Crippen LogP contribution is -2.24. The molecule has 4 aromatic rings. The van der Waals surface area contributed by atoms with Crippen molar-refractivity contribution in [2.24, 2.45) is 0 Å². The van der Waals surface area contributed by atoms with Gasteiger partial charge in [0.15, 0.2) is 0 Å². The van der Waals surface area contributed by atoms with E-state index in [1.165, 1.54) is 17.7 Å². The quantitative estimate of drug-likeness (QED) is 0.492. The summed E-state index contributed by atoms with van der Waals surface area (Å²) in [4.78, 5) is 16.8. The van der Waals surface area contributed by atoms with Crippen LogP contribution in [0.5, 0.6) is 0 Å². The van der Waals surface area contributed by atoms with E-state index in [1.807, 2.05) is 31.2 Å². The number of pyridine rings is 3. The van der Waals surface area contributed by atoms with Crippen molar-refractivity contribution in [1.82, 2.24) is 24.3 Å². The van der Waals surface area contributed by atoms with Crippen molar-refractivity contribution < 1.29 is 0 Å². The van der Waals surface area contributed by atoms with Gasteiger partial charge in [-0.1, -0.05) is 18.2 Å². The maximum absolute atomic E-state index is 4.94. The van der Waals surface area contributed by atoms with E-state index in [2.05, 4.69) is 63.9 Å². The standard InChI is InChI=1S/C25H28N6/c1-17-8-6-15-31-22(19(3)27-25(17)31)16-30-14-7-11-21(30)20-10-5-13-24(28-20)29-23-12-4-9-18(2)26-23/h4-6,8-10,12-13,15,21H,7,11,14,16H2,1-3H3,(H,26,28,29)/t21-/m0/s1. The van der Waals surface area contributed by atoms with Crippen LogP contribution in [0.4, 0.5) is 11.6 Å². The number of aromatic nitrogens is 4. The Kier molecular flexibility index (Phi) is 5.16. The number of rotatable bonds is 5. The first-order chi connectivity index (χ1) is 15.1. The first-order valence-electron chi connectivity index (χ1n) is 10.9. The van der Waals surface area contributed by atoms with E-state index in [-0.39, 0.29) is 0 Å². The lowest BCUT2D eigenvalue weighted by atomic mass is 10.1. The number of nitrogens with one attached hydrogen (secondary N) is 1. The molecule has 6 nitrogen and oxygen atoms in total. The van der Waals surface area contributed by atoms with Crippen LogP contribution in [-0.2, 0) is 6.54 Å².